The first kappa shape index (κ1) is 17.0. The Morgan fingerprint density at radius 2 is 2.04 bits per heavy atom. The van der Waals surface area contributed by atoms with Crippen LogP contribution in [0.2, 0.25) is 5.02 Å². The maximum absolute atomic E-state index is 13.2. The smallest absolute Gasteiger partial charge is 0.278 e. The minimum atomic E-state index is -0.503. The van der Waals surface area contributed by atoms with E-state index in [1.807, 2.05) is 0 Å². The lowest BCUT2D eigenvalue weighted by atomic mass is 10.2. The van der Waals surface area contributed by atoms with Crippen LogP contribution in [-0.2, 0) is 6.61 Å². The Morgan fingerprint density at radius 3 is 2.76 bits per heavy atom. The highest BCUT2D eigenvalue weighted by atomic mass is 35.5. The van der Waals surface area contributed by atoms with Crippen molar-refractivity contribution in [2.75, 3.05) is 5.32 Å². The quantitative estimate of drug-likeness (QED) is 0.721. The fourth-order valence-electron chi connectivity index (χ4n) is 2.18. The number of hydrogen-bond acceptors (Lipinski definition) is 4. The van der Waals surface area contributed by atoms with Crippen LogP contribution in [0.1, 0.15) is 21.8 Å². The van der Waals surface area contributed by atoms with E-state index in [9.17, 15) is 9.18 Å². The summed E-state index contributed by atoms with van der Waals surface area (Å²) in [6, 6.07) is 12.4. The van der Waals surface area contributed by atoms with E-state index in [0.29, 0.717) is 27.8 Å². The number of nitrogens with one attached hydrogen (secondary N) is 1. The number of aromatic nitrogens is 1. The zero-order valence-electron chi connectivity index (χ0n) is 13.3. The highest BCUT2D eigenvalue weighted by Gasteiger charge is 2.20. The van der Waals surface area contributed by atoms with E-state index in [4.69, 9.17) is 20.9 Å². The molecular formula is C18H14ClFN2O3. The molecule has 2 aromatic carbocycles. The van der Waals surface area contributed by atoms with Crippen molar-refractivity contribution in [1.82, 2.24) is 5.16 Å². The van der Waals surface area contributed by atoms with Crippen molar-refractivity contribution < 1.29 is 18.4 Å². The van der Waals surface area contributed by atoms with Gasteiger partial charge < -0.3 is 14.6 Å². The van der Waals surface area contributed by atoms with Crippen molar-refractivity contribution in [1.29, 1.82) is 0 Å². The van der Waals surface area contributed by atoms with Gasteiger partial charge in [-0.1, -0.05) is 22.8 Å². The van der Waals surface area contributed by atoms with E-state index in [1.165, 1.54) is 18.2 Å². The zero-order valence-corrected chi connectivity index (χ0v) is 14.0. The number of carbonyl (C=O) groups is 1. The van der Waals surface area contributed by atoms with Gasteiger partial charge in [0, 0.05) is 10.7 Å². The van der Waals surface area contributed by atoms with Gasteiger partial charge >= 0.3 is 0 Å². The van der Waals surface area contributed by atoms with E-state index in [-0.39, 0.29) is 12.3 Å². The number of anilines is 1. The third kappa shape index (κ3) is 4.16. The summed E-state index contributed by atoms with van der Waals surface area (Å²) in [5.74, 6) is 0.123. The fraction of sp³-hybridized carbons (Fsp3) is 0.111. The molecule has 3 rings (SSSR count). The molecule has 0 unspecified atom stereocenters. The second kappa shape index (κ2) is 7.36. The van der Waals surface area contributed by atoms with Crippen molar-refractivity contribution in [2.24, 2.45) is 0 Å². The Balaban J connectivity index is 1.74. The molecule has 0 spiro atoms. The minimum absolute atomic E-state index is 0.0933. The lowest BCUT2D eigenvalue weighted by Gasteiger charge is -2.07. The molecule has 7 heteroatoms. The molecule has 0 aliphatic rings. The molecule has 1 N–H and O–H groups in total. The summed E-state index contributed by atoms with van der Waals surface area (Å²) in [5.41, 5.74) is 0.940. The largest absolute Gasteiger partial charge is 0.489 e. The van der Waals surface area contributed by atoms with Gasteiger partial charge in [-0.3, -0.25) is 4.79 Å². The summed E-state index contributed by atoms with van der Waals surface area (Å²) in [6.45, 7) is 1.79. The first-order chi connectivity index (χ1) is 12.0. The van der Waals surface area contributed by atoms with E-state index >= 15 is 0 Å². The van der Waals surface area contributed by atoms with Gasteiger partial charge in [0.1, 0.15) is 23.9 Å². The number of rotatable bonds is 5. The molecule has 0 radical (unpaired) electrons. The number of amides is 1. The van der Waals surface area contributed by atoms with Crippen molar-refractivity contribution in [3.8, 4) is 5.75 Å². The van der Waals surface area contributed by atoms with Gasteiger partial charge in [-0.2, -0.15) is 0 Å². The van der Waals surface area contributed by atoms with Crippen LogP contribution in [0.5, 0.6) is 5.75 Å². The summed E-state index contributed by atoms with van der Waals surface area (Å²) in [4.78, 5) is 12.4. The summed E-state index contributed by atoms with van der Waals surface area (Å²) < 4.78 is 24.0. The van der Waals surface area contributed by atoms with Crippen molar-refractivity contribution in [3.05, 3.63) is 76.4 Å². The molecule has 1 amide bonds. The number of ether oxygens (including phenoxy) is 1. The summed E-state index contributed by atoms with van der Waals surface area (Å²) >= 11 is 5.83. The maximum atomic E-state index is 13.2. The van der Waals surface area contributed by atoms with Crippen LogP contribution in [0.25, 0.3) is 0 Å². The first-order valence-corrected chi connectivity index (χ1v) is 7.81. The van der Waals surface area contributed by atoms with E-state index in [0.717, 1.165) is 0 Å². The predicted molar refractivity (Wildman–Crippen MR) is 91.4 cm³/mol. The molecule has 1 aromatic heterocycles. The lowest BCUT2D eigenvalue weighted by molar-refractivity contribution is 0.101. The number of nitrogens with zero attached hydrogens (tertiary/aromatic N) is 1. The highest BCUT2D eigenvalue weighted by molar-refractivity contribution is 6.30. The van der Waals surface area contributed by atoms with Crippen molar-refractivity contribution in [3.63, 3.8) is 0 Å². The van der Waals surface area contributed by atoms with Crippen LogP contribution in [0.3, 0.4) is 0 Å². The van der Waals surface area contributed by atoms with Crippen molar-refractivity contribution >= 4 is 23.2 Å². The average molecular weight is 361 g/mol. The lowest BCUT2D eigenvalue weighted by Crippen LogP contribution is -2.15. The molecule has 1 heterocycles. The number of halogens is 2. The first-order valence-electron chi connectivity index (χ1n) is 7.43. The predicted octanol–water partition coefficient (Wildman–Crippen LogP) is 4.61. The van der Waals surface area contributed by atoms with Gasteiger partial charge in [-0.25, -0.2) is 4.39 Å². The monoisotopic (exact) mass is 360 g/mol. The van der Waals surface area contributed by atoms with Crippen LogP contribution >= 0.6 is 11.6 Å². The molecule has 0 atom stereocenters. The van der Waals surface area contributed by atoms with Gasteiger partial charge in [0.2, 0.25) is 0 Å². The molecule has 0 bridgehead atoms. The van der Waals surface area contributed by atoms with Crippen molar-refractivity contribution in [2.45, 2.75) is 13.5 Å². The van der Waals surface area contributed by atoms with Gasteiger partial charge in [0.25, 0.3) is 5.91 Å². The topological polar surface area (TPSA) is 64.4 Å². The standard InChI is InChI=1S/C18H14ClFN2O3/c1-11-16(10-24-15-7-5-12(19)6-8-15)17(22-25-11)18(23)21-14-4-2-3-13(20)9-14/h2-9H,10H2,1H3,(H,21,23). The molecule has 0 saturated carbocycles. The summed E-state index contributed by atoms with van der Waals surface area (Å²) in [6.07, 6.45) is 0. The van der Waals surface area contributed by atoms with Gasteiger partial charge in [0.05, 0.1) is 5.56 Å². The van der Waals surface area contributed by atoms with Crippen LogP contribution < -0.4 is 10.1 Å². The fourth-order valence-corrected chi connectivity index (χ4v) is 2.31. The van der Waals surface area contributed by atoms with Gasteiger partial charge in [-0.05, 0) is 49.4 Å². The minimum Gasteiger partial charge on any atom is -0.489 e. The third-order valence-electron chi connectivity index (χ3n) is 3.48. The van der Waals surface area contributed by atoms with Gasteiger partial charge in [-0.15, -0.1) is 0 Å². The molecule has 0 aliphatic carbocycles. The third-order valence-corrected chi connectivity index (χ3v) is 3.73. The summed E-state index contributed by atoms with van der Waals surface area (Å²) in [7, 11) is 0. The van der Waals surface area contributed by atoms with E-state index in [2.05, 4.69) is 10.5 Å². The van der Waals surface area contributed by atoms with E-state index in [1.54, 1.807) is 37.3 Å². The average Bonchev–Trinajstić information content (AvgIpc) is 2.95. The summed E-state index contributed by atoms with van der Waals surface area (Å²) in [5, 5.41) is 6.96. The Morgan fingerprint density at radius 1 is 1.28 bits per heavy atom. The molecule has 0 aliphatic heterocycles. The second-order valence-electron chi connectivity index (χ2n) is 5.27. The van der Waals surface area contributed by atoms with E-state index < -0.39 is 11.7 Å². The SMILES string of the molecule is Cc1onc(C(=O)Nc2cccc(F)c2)c1COc1ccc(Cl)cc1. The van der Waals surface area contributed by atoms with Crippen LogP contribution in [0.4, 0.5) is 10.1 Å². The second-order valence-corrected chi connectivity index (χ2v) is 5.71. The zero-order chi connectivity index (χ0) is 17.8. The molecule has 3 aromatic rings. The maximum Gasteiger partial charge on any atom is 0.278 e. The molecule has 0 fully saturated rings. The number of aryl methyl sites for hydroxylation is 1. The Bertz CT molecular complexity index is 894. The molecule has 0 saturated heterocycles. The highest BCUT2D eigenvalue weighted by Crippen LogP contribution is 2.21. The van der Waals surface area contributed by atoms with Crippen LogP contribution in [0.15, 0.2) is 53.1 Å². The van der Waals surface area contributed by atoms with Gasteiger partial charge in [0.15, 0.2) is 5.69 Å². The Hall–Kier alpha value is -2.86. The number of benzene rings is 2. The van der Waals surface area contributed by atoms with Crippen LogP contribution in [0, 0.1) is 12.7 Å². The number of carbonyl (C=O) groups excluding carboxylic acids is 1. The normalized spacial score (nSPS) is 10.5. The Labute approximate surface area is 148 Å². The molecule has 25 heavy (non-hydrogen) atoms. The molecule has 5 nitrogen and oxygen atoms in total. The van der Waals surface area contributed by atoms with Crippen LogP contribution in [-0.4, -0.2) is 11.1 Å². The Kier molecular flexibility index (Phi) is 5.00. The molecular weight excluding hydrogens is 347 g/mol. The number of hydrogen-bond donors (Lipinski definition) is 1. The molecule has 128 valence electrons.